The Morgan fingerprint density at radius 2 is 1.43 bits per heavy atom. The van der Waals surface area contributed by atoms with Gasteiger partial charge in [0.25, 0.3) is 0 Å². The number of nitrogens with zero attached hydrogens (tertiary/aromatic N) is 1. The number of hydrogen-bond donors (Lipinski definition) is 1. The summed E-state index contributed by atoms with van der Waals surface area (Å²) in [7, 11) is -4.44. The Morgan fingerprint density at radius 3 is 2.15 bits per heavy atom. The molecule has 6 nitrogen and oxygen atoms in total. The maximum Gasteiger partial charge on any atom is 0.584 e. The molecule has 46 heavy (non-hydrogen) atoms. The van der Waals surface area contributed by atoms with Crippen molar-refractivity contribution in [1.82, 2.24) is 4.90 Å². The maximum absolute atomic E-state index is 13.0. The molecule has 1 aliphatic carbocycles. The van der Waals surface area contributed by atoms with Crippen LogP contribution in [0.4, 0.5) is 0 Å². The molecule has 1 heterocycles. The number of phosphoric acid groups is 1. The molecular formula is C39H54NO5P. The molecule has 2 aromatic rings. The summed E-state index contributed by atoms with van der Waals surface area (Å²) in [5.41, 5.74) is 4.06. The summed E-state index contributed by atoms with van der Waals surface area (Å²) in [5.74, 6) is 1.21. The highest BCUT2D eigenvalue weighted by molar-refractivity contribution is 7.48. The van der Waals surface area contributed by atoms with E-state index in [0.717, 1.165) is 30.5 Å². The van der Waals surface area contributed by atoms with Gasteiger partial charge < -0.3 is 18.7 Å². The number of rotatable bonds is 22. The van der Waals surface area contributed by atoms with Crippen LogP contribution >= 0.6 is 7.82 Å². The third-order valence-corrected chi connectivity index (χ3v) is 9.47. The fraction of sp³-hybridized carbons (Fsp3) is 0.487. The number of benzene rings is 2. The van der Waals surface area contributed by atoms with E-state index in [0.29, 0.717) is 24.5 Å². The van der Waals surface area contributed by atoms with Crippen molar-refractivity contribution in [2.24, 2.45) is 0 Å². The molecule has 0 bridgehead atoms. The van der Waals surface area contributed by atoms with Crippen molar-refractivity contribution in [2.75, 3.05) is 6.61 Å². The van der Waals surface area contributed by atoms with Gasteiger partial charge in [-0.15, -0.1) is 0 Å². The molecule has 0 radical (unpaired) electrons. The van der Waals surface area contributed by atoms with Gasteiger partial charge in [-0.1, -0.05) is 127 Å². The van der Waals surface area contributed by atoms with Crippen molar-refractivity contribution in [2.45, 2.75) is 117 Å². The minimum Gasteiger partial charge on any atom is -0.493 e. The zero-order chi connectivity index (χ0) is 32.5. The fourth-order valence-electron chi connectivity index (χ4n) is 5.98. The second-order valence-corrected chi connectivity index (χ2v) is 13.8. The molecule has 4 rings (SSSR count). The lowest BCUT2D eigenvalue weighted by Gasteiger charge is -2.29. The van der Waals surface area contributed by atoms with Crippen LogP contribution in [-0.4, -0.2) is 16.4 Å². The van der Waals surface area contributed by atoms with Crippen molar-refractivity contribution < 1.29 is 23.2 Å². The summed E-state index contributed by atoms with van der Waals surface area (Å²) in [6, 6.07) is 12.5. The molecule has 250 valence electrons. The van der Waals surface area contributed by atoms with Crippen molar-refractivity contribution >= 4 is 7.82 Å². The lowest BCUT2D eigenvalue weighted by atomic mass is 10.00. The van der Waals surface area contributed by atoms with Crippen LogP contribution in [0.3, 0.4) is 0 Å². The van der Waals surface area contributed by atoms with E-state index in [9.17, 15) is 9.46 Å². The topological polar surface area (TPSA) is 68.2 Å². The van der Waals surface area contributed by atoms with E-state index >= 15 is 0 Å². The van der Waals surface area contributed by atoms with E-state index in [1.807, 2.05) is 37.4 Å². The molecule has 0 spiro atoms. The number of allylic oxidation sites excluding steroid dienone is 6. The Morgan fingerprint density at radius 1 is 0.783 bits per heavy atom. The smallest absolute Gasteiger partial charge is 0.493 e. The second-order valence-electron chi connectivity index (χ2n) is 12.5. The molecule has 2 aliphatic rings. The van der Waals surface area contributed by atoms with Gasteiger partial charge in [0.1, 0.15) is 17.2 Å². The summed E-state index contributed by atoms with van der Waals surface area (Å²) in [4.78, 5) is 12.8. The van der Waals surface area contributed by atoms with E-state index in [1.54, 1.807) is 24.3 Å². The predicted molar refractivity (Wildman–Crippen MR) is 189 cm³/mol. The van der Waals surface area contributed by atoms with Crippen LogP contribution < -0.4 is 13.8 Å². The van der Waals surface area contributed by atoms with Gasteiger partial charge in [0.15, 0.2) is 0 Å². The molecule has 7 heteroatoms. The van der Waals surface area contributed by atoms with Crippen LogP contribution in [0.15, 0.2) is 90.3 Å². The van der Waals surface area contributed by atoms with E-state index in [1.165, 1.54) is 82.6 Å². The van der Waals surface area contributed by atoms with E-state index in [-0.39, 0.29) is 11.5 Å². The van der Waals surface area contributed by atoms with Gasteiger partial charge in [-0.05, 0) is 67.3 Å². The minimum absolute atomic E-state index is 0.274. The fourth-order valence-corrected chi connectivity index (χ4v) is 6.85. The molecule has 1 unspecified atom stereocenters. The third kappa shape index (κ3) is 12.2. The molecule has 1 aliphatic heterocycles. The SMILES string of the molecule is CCCCCCCCCCCCCCCCOc1cccc(OP(=O)(O)Oc2cccc(CN3C=CC=C4CC=CC=C43)c2)c1C. The molecule has 1 N–H and O–H groups in total. The standard InChI is InChI=1S/C39H54NO5P/c1-3-4-5-6-7-8-9-10-11-12-13-14-15-18-30-43-38-27-20-28-39(33(38)2)45-46(41,42)44-36-25-19-22-34(31-36)32-40-29-21-24-35-23-16-17-26-37(35)40/h16-17,19-22,24-29,31H,3-15,18,23,30,32H2,1-2H3,(H,41,42). The zero-order valence-electron chi connectivity index (χ0n) is 28.0. The summed E-state index contributed by atoms with van der Waals surface area (Å²) >= 11 is 0. The third-order valence-electron chi connectivity index (χ3n) is 8.61. The van der Waals surface area contributed by atoms with Gasteiger partial charge in [-0.3, -0.25) is 4.89 Å². The first kappa shape index (κ1) is 35.6. The Labute approximate surface area is 277 Å². The second kappa shape index (κ2) is 19.5. The predicted octanol–water partition coefficient (Wildman–Crippen LogP) is 11.5. The van der Waals surface area contributed by atoms with E-state index in [4.69, 9.17) is 13.8 Å². The number of phosphoric ester groups is 1. The summed E-state index contributed by atoms with van der Waals surface area (Å²) in [6.45, 7) is 5.33. The average molecular weight is 648 g/mol. The molecule has 0 saturated heterocycles. The van der Waals surface area contributed by atoms with Crippen LogP contribution in [0.5, 0.6) is 17.2 Å². The van der Waals surface area contributed by atoms with Gasteiger partial charge in [-0.2, -0.15) is 0 Å². The first-order valence-electron chi connectivity index (χ1n) is 17.5. The van der Waals surface area contributed by atoms with Crippen LogP contribution in [0.25, 0.3) is 0 Å². The van der Waals surface area contributed by atoms with E-state index in [2.05, 4.69) is 36.1 Å². The first-order valence-corrected chi connectivity index (χ1v) is 19.0. The quantitative estimate of drug-likeness (QED) is 0.101. The van der Waals surface area contributed by atoms with Crippen LogP contribution in [0, 0.1) is 6.92 Å². The monoisotopic (exact) mass is 647 g/mol. The average Bonchev–Trinajstić information content (AvgIpc) is 3.04. The van der Waals surface area contributed by atoms with Gasteiger partial charge in [0.05, 0.1) is 6.61 Å². The Balaban J connectivity index is 1.15. The summed E-state index contributed by atoms with van der Waals surface area (Å²) < 4.78 is 30.1. The van der Waals surface area contributed by atoms with E-state index < -0.39 is 7.82 Å². The molecule has 1 atom stereocenters. The Kier molecular flexibility index (Phi) is 15.1. The van der Waals surface area contributed by atoms with Gasteiger partial charge >= 0.3 is 7.82 Å². The molecule has 0 saturated carbocycles. The van der Waals surface area contributed by atoms with Crippen molar-refractivity contribution in [3.8, 4) is 17.2 Å². The molecule has 0 fully saturated rings. The largest absolute Gasteiger partial charge is 0.584 e. The molecular weight excluding hydrogens is 593 g/mol. The maximum atomic E-state index is 13.0. The molecule has 0 amide bonds. The van der Waals surface area contributed by atoms with Crippen LogP contribution in [0.2, 0.25) is 0 Å². The normalized spacial score (nSPS) is 15.2. The highest BCUT2D eigenvalue weighted by Crippen LogP contribution is 2.46. The lowest BCUT2D eigenvalue weighted by molar-refractivity contribution is 0.285. The number of hydrogen-bond acceptors (Lipinski definition) is 5. The molecule has 2 aromatic carbocycles. The van der Waals surface area contributed by atoms with Crippen molar-refractivity contribution in [3.05, 3.63) is 101 Å². The van der Waals surface area contributed by atoms with Gasteiger partial charge in [-0.25, -0.2) is 4.57 Å². The van der Waals surface area contributed by atoms with Gasteiger partial charge in [0, 0.05) is 24.0 Å². The number of fused-ring (bicyclic) bond motifs is 1. The Bertz CT molecular complexity index is 1390. The highest BCUT2D eigenvalue weighted by atomic mass is 31.2. The summed E-state index contributed by atoms with van der Waals surface area (Å²) in [6.07, 6.45) is 31.9. The Hall–Kier alpha value is -3.21. The highest BCUT2D eigenvalue weighted by Gasteiger charge is 2.27. The molecule has 0 aromatic heterocycles. The number of ether oxygens (including phenoxy) is 1. The van der Waals surface area contributed by atoms with Crippen LogP contribution in [0.1, 0.15) is 114 Å². The minimum atomic E-state index is -4.44. The van der Waals surface area contributed by atoms with Gasteiger partial charge in [0.2, 0.25) is 0 Å². The number of unbranched alkanes of at least 4 members (excludes halogenated alkanes) is 13. The van der Waals surface area contributed by atoms with Crippen molar-refractivity contribution in [1.29, 1.82) is 0 Å². The summed E-state index contributed by atoms with van der Waals surface area (Å²) in [5, 5.41) is 0. The zero-order valence-corrected chi connectivity index (χ0v) is 28.9. The van der Waals surface area contributed by atoms with Crippen molar-refractivity contribution in [3.63, 3.8) is 0 Å². The van der Waals surface area contributed by atoms with Crippen LogP contribution in [-0.2, 0) is 11.1 Å². The first-order chi connectivity index (χ1) is 22.4. The lowest BCUT2D eigenvalue weighted by Crippen LogP contribution is -2.20.